The Labute approximate surface area is 270 Å². The summed E-state index contributed by atoms with van der Waals surface area (Å²) in [4.78, 5) is 42.8. The Kier molecular flexibility index (Phi) is 17.7. The van der Waals surface area contributed by atoms with E-state index in [1.807, 2.05) is 0 Å². The van der Waals surface area contributed by atoms with Gasteiger partial charge in [-0.2, -0.15) is 13.5 Å². The molecule has 2 bridgehead atoms. The maximum Gasteiger partial charge on any atom is 0.418 e. The van der Waals surface area contributed by atoms with Crippen LogP contribution in [0.4, 0.5) is 9.59 Å². The molecule has 0 saturated carbocycles. The molecule has 15 heteroatoms. The van der Waals surface area contributed by atoms with Crippen molar-refractivity contribution in [1.29, 1.82) is 0 Å². The molecule has 4 amide bonds. The molecule has 0 aromatic heterocycles. The van der Waals surface area contributed by atoms with Crippen LogP contribution in [0.25, 0.3) is 0 Å². The minimum absolute atomic E-state index is 0.0442. The third-order valence-electron chi connectivity index (χ3n) is 8.36. The van der Waals surface area contributed by atoms with Gasteiger partial charge in [0.05, 0.1) is 38.8 Å². The third kappa shape index (κ3) is 14.0. The number of amides is 4. The van der Waals surface area contributed by atoms with Crippen LogP contribution in [0.1, 0.15) is 113 Å². The van der Waals surface area contributed by atoms with E-state index in [1.165, 1.54) is 82.0 Å². The zero-order valence-corrected chi connectivity index (χ0v) is 29.4. The van der Waals surface area contributed by atoms with E-state index in [0.717, 1.165) is 9.80 Å². The average molecular weight is 666 g/mol. The van der Waals surface area contributed by atoms with Crippen molar-refractivity contribution in [1.82, 2.24) is 20.3 Å². The minimum Gasteiger partial charge on any atom is -0.530 e. The van der Waals surface area contributed by atoms with E-state index in [1.54, 1.807) is 20.8 Å². The van der Waals surface area contributed by atoms with Crippen molar-refractivity contribution in [2.24, 2.45) is 0 Å². The highest BCUT2D eigenvalue weighted by Crippen LogP contribution is 2.30. The number of nitrogens with one attached hydrogen (secondary N) is 1. The van der Waals surface area contributed by atoms with Gasteiger partial charge >= 0.3 is 16.4 Å². The number of urea groups is 1. The van der Waals surface area contributed by atoms with E-state index in [0.29, 0.717) is 5.06 Å². The Bertz CT molecular complexity index is 984. The topological polar surface area (TPSA) is 169 Å². The summed E-state index contributed by atoms with van der Waals surface area (Å²) in [5.74, 6) is -0.642. The maximum absolute atomic E-state index is 12.3. The first-order valence-electron chi connectivity index (χ1n) is 16.6. The summed E-state index contributed by atoms with van der Waals surface area (Å²) in [7, 11) is -4.87. The van der Waals surface area contributed by atoms with Gasteiger partial charge in [-0.25, -0.2) is 10.3 Å². The van der Waals surface area contributed by atoms with Gasteiger partial charge in [0.2, 0.25) is 0 Å². The lowest BCUT2D eigenvalue weighted by atomic mass is 10.0. The number of carboxylic acid groups (broad SMARTS) is 1. The first-order chi connectivity index (χ1) is 21.1. The lowest BCUT2D eigenvalue weighted by Gasteiger charge is -2.39. The minimum atomic E-state index is -4.87. The molecular weight excluding hydrogens is 606 g/mol. The molecule has 2 fully saturated rings. The number of carbonyl (C=O) groups excluding carboxylic acids is 3. The fourth-order valence-corrected chi connectivity index (χ4v) is 6.17. The van der Waals surface area contributed by atoms with E-state index >= 15 is 0 Å². The fraction of sp³-hybridized carbons (Fsp3) is 0.900. The number of unbranched alkanes of at least 4 members (excludes halogenated alkanes) is 4. The van der Waals surface area contributed by atoms with Crippen LogP contribution in [0.15, 0.2) is 0 Å². The summed E-state index contributed by atoms with van der Waals surface area (Å²) in [5, 5.41) is 11.7. The number of hydrogen-bond donors (Lipinski definition) is 2. The number of piperidine rings is 1. The molecule has 2 rings (SSSR count). The quantitative estimate of drug-likeness (QED) is 0.0908. The highest BCUT2D eigenvalue weighted by atomic mass is 32.3. The number of carbonyl (C=O) groups is 3. The molecule has 14 nitrogen and oxygen atoms in total. The lowest BCUT2D eigenvalue weighted by molar-refractivity contribution is -0.929. The third-order valence-corrected chi connectivity index (χ3v) is 8.71. The molecule has 2 atom stereocenters. The van der Waals surface area contributed by atoms with Crippen LogP contribution < -0.4 is 10.6 Å². The summed E-state index contributed by atoms with van der Waals surface area (Å²) < 4.78 is 36.2. The highest BCUT2D eigenvalue weighted by molar-refractivity contribution is 7.80. The van der Waals surface area contributed by atoms with Crippen LogP contribution in [0.2, 0.25) is 0 Å². The Balaban J connectivity index is 0.000000512. The zero-order valence-electron chi connectivity index (χ0n) is 28.6. The number of rotatable bonds is 19. The zero-order chi connectivity index (χ0) is 34.3. The van der Waals surface area contributed by atoms with Crippen molar-refractivity contribution >= 4 is 28.4 Å². The fourth-order valence-electron chi connectivity index (χ4n) is 5.78. The van der Waals surface area contributed by atoms with Crippen molar-refractivity contribution < 1.29 is 46.1 Å². The number of hydroxylamine groups is 3. The summed E-state index contributed by atoms with van der Waals surface area (Å²) in [6.45, 7) is 19.9. The van der Waals surface area contributed by atoms with Gasteiger partial charge in [-0.1, -0.05) is 53.4 Å². The van der Waals surface area contributed by atoms with Crippen molar-refractivity contribution in [3.8, 4) is 0 Å². The number of quaternary nitrogens is 1. The summed E-state index contributed by atoms with van der Waals surface area (Å²) >= 11 is 0. The van der Waals surface area contributed by atoms with E-state index in [9.17, 15) is 27.9 Å². The maximum atomic E-state index is 12.3. The van der Waals surface area contributed by atoms with Crippen molar-refractivity contribution in [3.63, 3.8) is 0 Å². The number of nitrogens with zero attached hydrogens (tertiary/aromatic N) is 4. The molecule has 2 N–H and O–H groups in total. The first-order valence-corrected chi connectivity index (χ1v) is 17.9. The monoisotopic (exact) mass is 665 g/mol. The Hall–Kier alpha value is -2.20. The second-order valence-electron chi connectivity index (χ2n) is 13.1. The second-order valence-corrected chi connectivity index (χ2v) is 14.1. The summed E-state index contributed by atoms with van der Waals surface area (Å²) in [6.07, 6.45) is 10.2. The molecule has 0 spiro atoms. The van der Waals surface area contributed by atoms with Crippen LogP contribution in [0.3, 0.4) is 0 Å². The highest BCUT2D eigenvalue weighted by Gasteiger charge is 2.49. The molecule has 0 radical (unpaired) electrons. The predicted molar refractivity (Wildman–Crippen MR) is 169 cm³/mol. The SMILES string of the molecule is CC(C)(C)N(CCONC(=O)[C@@H]1CC[C@@H]2CN1C(=O)N2OS(=O)(=O)O)C(=O)[O-].CCCC[N+](CCCC)(CCCC)CCCC. The summed E-state index contributed by atoms with van der Waals surface area (Å²) in [6, 6.07) is -2.39. The standard InChI is InChI=1S/C16H36N.C14H24N4O9S/c1-5-9-13-17(14-10-6-2,15-11-7-3)16-12-8-4;1-14(2,3)17(13(21)22)6-7-26-15-11(19)10-5-4-9-8-16(10)12(20)18(9)27-28(23,24)25/h5-16H2,1-4H3;9-10H,4-8H2,1-3H3,(H,15,19)(H,21,22)(H,23,24,25)/q+1;/p-1/t;9-,10+/m.1/s1. The van der Waals surface area contributed by atoms with E-state index in [4.69, 9.17) is 9.39 Å². The van der Waals surface area contributed by atoms with Gasteiger partial charge in [-0.05, 0) is 59.3 Å². The molecule has 2 aliphatic rings. The molecule has 0 unspecified atom stereocenters. The Morgan fingerprint density at radius 1 is 0.978 bits per heavy atom. The van der Waals surface area contributed by atoms with E-state index in [-0.39, 0.29) is 32.5 Å². The normalized spacial score (nSPS) is 18.4. The van der Waals surface area contributed by atoms with Gasteiger partial charge < -0.3 is 24.2 Å². The smallest absolute Gasteiger partial charge is 0.418 e. The van der Waals surface area contributed by atoms with Crippen LogP contribution in [-0.4, -0.2) is 114 Å². The van der Waals surface area contributed by atoms with E-state index in [2.05, 4.69) is 37.5 Å². The molecule has 45 heavy (non-hydrogen) atoms. The predicted octanol–water partition coefficient (Wildman–Crippen LogP) is 3.48. The molecule has 2 aliphatic heterocycles. The van der Waals surface area contributed by atoms with Gasteiger partial charge in [0, 0.05) is 18.6 Å². The molecule has 0 aromatic carbocycles. The molecule has 2 saturated heterocycles. The molecule has 0 aromatic rings. The van der Waals surface area contributed by atoms with Crippen LogP contribution >= 0.6 is 0 Å². The van der Waals surface area contributed by atoms with Gasteiger partial charge in [-0.15, -0.1) is 4.28 Å². The number of hydrogen-bond acceptors (Lipinski definition) is 8. The molecule has 264 valence electrons. The molecule has 2 heterocycles. The molecule has 0 aliphatic carbocycles. The van der Waals surface area contributed by atoms with Crippen LogP contribution in [0, 0.1) is 0 Å². The van der Waals surface area contributed by atoms with Crippen LogP contribution in [-0.2, 0) is 24.3 Å². The lowest BCUT2D eigenvalue weighted by Crippen LogP contribution is -2.53. The Morgan fingerprint density at radius 3 is 1.87 bits per heavy atom. The van der Waals surface area contributed by atoms with Gasteiger partial charge in [-0.3, -0.25) is 14.2 Å². The van der Waals surface area contributed by atoms with E-state index < -0.39 is 46.1 Å². The van der Waals surface area contributed by atoms with Crippen molar-refractivity contribution in [2.75, 3.05) is 45.9 Å². The first kappa shape index (κ1) is 40.8. The van der Waals surface area contributed by atoms with Gasteiger partial charge in [0.15, 0.2) is 0 Å². The van der Waals surface area contributed by atoms with Gasteiger partial charge in [0.25, 0.3) is 5.91 Å². The number of fused-ring (bicyclic) bond motifs is 2. The van der Waals surface area contributed by atoms with Gasteiger partial charge in [0.1, 0.15) is 12.1 Å². The second kappa shape index (κ2) is 19.5. The Morgan fingerprint density at radius 2 is 1.47 bits per heavy atom. The summed E-state index contributed by atoms with van der Waals surface area (Å²) in [5.41, 5.74) is 1.46. The molecular formula is C30H59N5O9S. The van der Waals surface area contributed by atoms with Crippen molar-refractivity contribution in [3.05, 3.63) is 0 Å². The largest absolute Gasteiger partial charge is 0.530 e. The van der Waals surface area contributed by atoms with Crippen LogP contribution in [0.5, 0.6) is 0 Å². The van der Waals surface area contributed by atoms with Crippen molar-refractivity contribution in [2.45, 2.75) is 130 Å². The average Bonchev–Trinajstić information content (AvgIpc) is 3.19.